The molecule has 0 bridgehead atoms. The number of methoxy groups -OCH3 is 1. The number of carbonyl (C=O) groups excluding carboxylic acids is 1. The van der Waals surface area contributed by atoms with Crippen molar-refractivity contribution in [3.05, 3.63) is 40.4 Å². The van der Waals surface area contributed by atoms with Crippen molar-refractivity contribution in [2.75, 3.05) is 20.3 Å². The van der Waals surface area contributed by atoms with Crippen LogP contribution in [-0.4, -0.2) is 26.3 Å². The summed E-state index contributed by atoms with van der Waals surface area (Å²) in [6.45, 7) is 0.417. The largest absolute Gasteiger partial charge is 0.459 e. The molecule has 94 valence electrons. The molecule has 5 heteroatoms. The quantitative estimate of drug-likeness (QED) is 0.355. The van der Waals surface area contributed by atoms with E-state index in [0.29, 0.717) is 17.2 Å². The van der Waals surface area contributed by atoms with Gasteiger partial charge in [-0.1, -0.05) is 23.7 Å². The molecule has 1 rings (SSSR count). The average molecular weight is 266 g/mol. The van der Waals surface area contributed by atoms with Crippen LogP contribution >= 0.6 is 11.6 Å². The van der Waals surface area contributed by atoms with E-state index in [9.17, 15) is 4.79 Å². The first kappa shape index (κ1) is 14.2. The maximum Gasteiger partial charge on any atom is 0.348 e. The molecule has 0 radical (unpaired) electrons. The highest BCUT2D eigenvalue weighted by Crippen LogP contribution is 2.13. The van der Waals surface area contributed by atoms with E-state index in [1.807, 2.05) is 0 Å². The predicted molar refractivity (Wildman–Crippen MR) is 67.9 cm³/mol. The Kier molecular flexibility index (Phi) is 5.92. The highest BCUT2D eigenvalue weighted by atomic mass is 35.5. The van der Waals surface area contributed by atoms with Gasteiger partial charge in [0.1, 0.15) is 18.2 Å². The summed E-state index contributed by atoms with van der Waals surface area (Å²) < 4.78 is 9.59. The van der Waals surface area contributed by atoms with Crippen molar-refractivity contribution in [1.29, 1.82) is 5.26 Å². The molecule has 0 saturated carbocycles. The molecular formula is C13H12ClNO3. The Hall–Kier alpha value is -1.83. The molecule has 18 heavy (non-hydrogen) atoms. The van der Waals surface area contributed by atoms with Gasteiger partial charge in [0.2, 0.25) is 0 Å². The summed E-state index contributed by atoms with van der Waals surface area (Å²) in [5.41, 5.74) is 0.646. The van der Waals surface area contributed by atoms with E-state index < -0.39 is 5.97 Å². The van der Waals surface area contributed by atoms with Crippen LogP contribution in [0, 0.1) is 11.3 Å². The average Bonchev–Trinajstić information content (AvgIpc) is 2.38. The molecule has 4 nitrogen and oxygen atoms in total. The molecule has 0 heterocycles. The summed E-state index contributed by atoms with van der Waals surface area (Å²) >= 11 is 5.74. The smallest absolute Gasteiger partial charge is 0.348 e. The number of hydrogen-bond acceptors (Lipinski definition) is 4. The molecule has 0 atom stereocenters. The standard InChI is InChI=1S/C13H12ClNO3/c1-17-6-7-18-13(16)11(9-15)8-10-2-4-12(14)5-3-10/h2-5,8H,6-7H2,1H3. The first-order valence-electron chi connectivity index (χ1n) is 5.21. The molecule has 0 aliphatic carbocycles. The van der Waals surface area contributed by atoms with Crippen molar-refractivity contribution >= 4 is 23.6 Å². The first-order chi connectivity index (χ1) is 8.67. The van der Waals surface area contributed by atoms with E-state index in [-0.39, 0.29) is 12.2 Å². The van der Waals surface area contributed by atoms with Gasteiger partial charge in [-0.05, 0) is 23.8 Å². The summed E-state index contributed by atoms with van der Waals surface area (Å²) in [6.07, 6.45) is 1.45. The maximum atomic E-state index is 11.5. The van der Waals surface area contributed by atoms with Gasteiger partial charge in [-0.15, -0.1) is 0 Å². The third-order valence-corrected chi connectivity index (χ3v) is 2.29. The van der Waals surface area contributed by atoms with E-state index in [0.717, 1.165) is 0 Å². The van der Waals surface area contributed by atoms with Gasteiger partial charge in [-0.25, -0.2) is 4.79 Å². The lowest BCUT2D eigenvalue weighted by molar-refractivity contribution is -0.139. The number of nitrogens with zero attached hydrogens (tertiary/aromatic N) is 1. The Balaban J connectivity index is 2.74. The molecule has 1 aromatic carbocycles. The van der Waals surface area contributed by atoms with Crippen molar-refractivity contribution in [2.24, 2.45) is 0 Å². The van der Waals surface area contributed by atoms with Gasteiger partial charge in [0, 0.05) is 12.1 Å². The second kappa shape index (κ2) is 7.49. The van der Waals surface area contributed by atoms with Crippen molar-refractivity contribution in [3.63, 3.8) is 0 Å². The minimum absolute atomic E-state index is 0.0616. The number of hydrogen-bond donors (Lipinski definition) is 0. The summed E-state index contributed by atoms with van der Waals surface area (Å²) in [6, 6.07) is 8.58. The number of carbonyl (C=O) groups is 1. The normalized spacial score (nSPS) is 10.8. The Morgan fingerprint density at radius 2 is 2.06 bits per heavy atom. The number of halogens is 1. The number of benzene rings is 1. The maximum absolute atomic E-state index is 11.5. The summed E-state index contributed by atoms with van der Waals surface area (Å²) in [5, 5.41) is 9.48. The molecular weight excluding hydrogens is 254 g/mol. The van der Waals surface area contributed by atoms with Crippen LogP contribution in [0.2, 0.25) is 5.02 Å². The lowest BCUT2D eigenvalue weighted by Crippen LogP contribution is -2.11. The topological polar surface area (TPSA) is 59.3 Å². The fraction of sp³-hybridized carbons (Fsp3) is 0.231. The molecule has 0 amide bonds. The van der Waals surface area contributed by atoms with Crippen LogP contribution in [0.3, 0.4) is 0 Å². The Morgan fingerprint density at radius 3 is 2.61 bits per heavy atom. The molecule has 0 unspecified atom stereocenters. The van der Waals surface area contributed by atoms with E-state index in [1.165, 1.54) is 13.2 Å². The predicted octanol–water partition coefficient (Wildman–Crippen LogP) is 2.44. The van der Waals surface area contributed by atoms with E-state index in [2.05, 4.69) is 0 Å². The zero-order valence-corrected chi connectivity index (χ0v) is 10.6. The minimum Gasteiger partial charge on any atom is -0.459 e. The summed E-state index contributed by atoms with van der Waals surface area (Å²) in [4.78, 5) is 11.5. The van der Waals surface area contributed by atoms with E-state index in [1.54, 1.807) is 30.3 Å². The van der Waals surface area contributed by atoms with Gasteiger partial charge in [0.25, 0.3) is 0 Å². The fourth-order valence-corrected chi connectivity index (χ4v) is 1.28. The Morgan fingerprint density at radius 1 is 1.39 bits per heavy atom. The molecule has 0 spiro atoms. The second-order valence-electron chi connectivity index (χ2n) is 3.35. The van der Waals surface area contributed by atoms with E-state index in [4.69, 9.17) is 26.3 Å². The number of esters is 1. The van der Waals surface area contributed by atoms with Crippen molar-refractivity contribution < 1.29 is 14.3 Å². The van der Waals surface area contributed by atoms with Gasteiger partial charge in [-0.3, -0.25) is 0 Å². The number of ether oxygens (including phenoxy) is 2. The van der Waals surface area contributed by atoms with Gasteiger partial charge in [0.05, 0.1) is 6.61 Å². The lowest BCUT2D eigenvalue weighted by Gasteiger charge is -2.02. The van der Waals surface area contributed by atoms with E-state index >= 15 is 0 Å². The van der Waals surface area contributed by atoms with Crippen LogP contribution in [0.4, 0.5) is 0 Å². The Bertz CT molecular complexity index is 474. The molecule has 0 N–H and O–H groups in total. The van der Waals surface area contributed by atoms with Gasteiger partial charge in [-0.2, -0.15) is 5.26 Å². The fourth-order valence-electron chi connectivity index (χ4n) is 1.16. The Labute approximate surface area is 110 Å². The third-order valence-electron chi connectivity index (χ3n) is 2.04. The number of rotatable bonds is 5. The molecule has 0 aliphatic rings. The van der Waals surface area contributed by atoms with Gasteiger partial charge < -0.3 is 9.47 Å². The summed E-state index contributed by atoms with van der Waals surface area (Å²) in [7, 11) is 1.50. The highest BCUT2D eigenvalue weighted by molar-refractivity contribution is 6.30. The highest BCUT2D eigenvalue weighted by Gasteiger charge is 2.10. The molecule has 0 aromatic heterocycles. The van der Waals surface area contributed by atoms with Crippen LogP contribution < -0.4 is 0 Å². The lowest BCUT2D eigenvalue weighted by atomic mass is 10.1. The number of nitriles is 1. The van der Waals surface area contributed by atoms with Crippen LogP contribution in [0.1, 0.15) is 5.56 Å². The SMILES string of the molecule is COCCOC(=O)C(C#N)=Cc1ccc(Cl)cc1. The van der Waals surface area contributed by atoms with Gasteiger partial charge >= 0.3 is 5.97 Å². The molecule has 0 saturated heterocycles. The molecule has 0 aliphatic heterocycles. The molecule has 0 fully saturated rings. The summed E-state index contributed by atoms with van der Waals surface area (Å²) in [5.74, 6) is -0.662. The zero-order chi connectivity index (χ0) is 13.4. The first-order valence-corrected chi connectivity index (χ1v) is 5.58. The zero-order valence-electron chi connectivity index (χ0n) is 9.85. The molecule has 1 aromatic rings. The van der Waals surface area contributed by atoms with Crippen LogP contribution in [0.5, 0.6) is 0 Å². The minimum atomic E-state index is -0.662. The van der Waals surface area contributed by atoms with Crippen molar-refractivity contribution in [1.82, 2.24) is 0 Å². The monoisotopic (exact) mass is 265 g/mol. The van der Waals surface area contributed by atoms with Crippen molar-refractivity contribution in [3.8, 4) is 6.07 Å². The van der Waals surface area contributed by atoms with Gasteiger partial charge in [0.15, 0.2) is 0 Å². The van der Waals surface area contributed by atoms with Crippen LogP contribution in [0.15, 0.2) is 29.8 Å². The van der Waals surface area contributed by atoms with Crippen LogP contribution in [-0.2, 0) is 14.3 Å². The van der Waals surface area contributed by atoms with Crippen molar-refractivity contribution in [2.45, 2.75) is 0 Å². The second-order valence-corrected chi connectivity index (χ2v) is 3.79. The third kappa shape index (κ3) is 4.58. The van der Waals surface area contributed by atoms with Crippen LogP contribution in [0.25, 0.3) is 6.08 Å².